The van der Waals surface area contributed by atoms with Crippen LogP contribution in [0, 0.1) is 17.8 Å². The SMILES string of the molecule is CCC(C)NC(=O)CCNC(=O)C1CC(N)C(C)CC1C. The molecule has 2 amide bonds. The molecule has 1 rings (SSSR count). The highest BCUT2D eigenvalue weighted by molar-refractivity contribution is 5.80. The van der Waals surface area contributed by atoms with E-state index in [1.54, 1.807) is 0 Å². The summed E-state index contributed by atoms with van der Waals surface area (Å²) in [4.78, 5) is 23.9. The molecule has 1 aliphatic rings. The summed E-state index contributed by atoms with van der Waals surface area (Å²) >= 11 is 0. The Bertz CT molecular complexity index is 359. The van der Waals surface area contributed by atoms with E-state index in [1.165, 1.54) is 0 Å². The van der Waals surface area contributed by atoms with Crippen molar-refractivity contribution in [1.82, 2.24) is 10.6 Å². The molecule has 5 atom stereocenters. The molecule has 5 heteroatoms. The first-order valence-corrected chi connectivity index (χ1v) is 8.17. The van der Waals surface area contributed by atoms with Crippen LogP contribution in [0.3, 0.4) is 0 Å². The number of carbonyl (C=O) groups is 2. The molecule has 0 spiro atoms. The Labute approximate surface area is 128 Å². The molecule has 0 heterocycles. The highest BCUT2D eigenvalue weighted by atomic mass is 16.2. The topological polar surface area (TPSA) is 84.2 Å². The summed E-state index contributed by atoms with van der Waals surface area (Å²) in [5, 5.41) is 5.78. The third kappa shape index (κ3) is 5.65. The smallest absolute Gasteiger partial charge is 0.223 e. The van der Waals surface area contributed by atoms with Crippen molar-refractivity contribution in [2.24, 2.45) is 23.5 Å². The van der Waals surface area contributed by atoms with Crippen molar-refractivity contribution in [2.45, 2.75) is 65.5 Å². The van der Waals surface area contributed by atoms with Crippen LogP contribution in [0.15, 0.2) is 0 Å². The number of amides is 2. The minimum Gasteiger partial charge on any atom is -0.355 e. The molecule has 4 N–H and O–H groups in total. The summed E-state index contributed by atoms with van der Waals surface area (Å²) in [6.45, 7) is 8.66. The van der Waals surface area contributed by atoms with E-state index >= 15 is 0 Å². The van der Waals surface area contributed by atoms with Crippen LogP contribution in [0.1, 0.15) is 53.4 Å². The van der Waals surface area contributed by atoms with Crippen LogP contribution in [-0.2, 0) is 9.59 Å². The van der Waals surface area contributed by atoms with Gasteiger partial charge in [-0.15, -0.1) is 0 Å². The molecule has 0 bridgehead atoms. The number of nitrogens with two attached hydrogens (primary N) is 1. The fourth-order valence-electron chi connectivity index (χ4n) is 2.93. The molecular weight excluding hydrogens is 266 g/mol. The monoisotopic (exact) mass is 297 g/mol. The van der Waals surface area contributed by atoms with E-state index < -0.39 is 0 Å². The fraction of sp³-hybridized carbons (Fsp3) is 0.875. The normalized spacial score (nSPS) is 30.5. The highest BCUT2D eigenvalue weighted by Crippen LogP contribution is 2.32. The first-order valence-electron chi connectivity index (χ1n) is 8.17. The summed E-state index contributed by atoms with van der Waals surface area (Å²) in [6.07, 6.45) is 2.98. The maximum Gasteiger partial charge on any atom is 0.223 e. The average Bonchev–Trinajstić information content (AvgIpc) is 2.42. The minimum atomic E-state index is -0.0196. The Balaban J connectivity index is 2.32. The summed E-state index contributed by atoms with van der Waals surface area (Å²) in [7, 11) is 0. The number of nitrogens with one attached hydrogen (secondary N) is 2. The van der Waals surface area contributed by atoms with Gasteiger partial charge in [0.15, 0.2) is 0 Å². The van der Waals surface area contributed by atoms with Crippen molar-refractivity contribution in [3.05, 3.63) is 0 Å². The molecule has 0 aromatic carbocycles. The van der Waals surface area contributed by atoms with E-state index in [0.29, 0.717) is 24.8 Å². The van der Waals surface area contributed by atoms with Gasteiger partial charge in [0, 0.05) is 31.0 Å². The lowest BCUT2D eigenvalue weighted by atomic mass is 9.72. The van der Waals surface area contributed by atoms with Gasteiger partial charge in [-0.05, 0) is 38.0 Å². The number of hydrogen-bond acceptors (Lipinski definition) is 3. The molecule has 1 aliphatic carbocycles. The summed E-state index contributed by atoms with van der Waals surface area (Å²) < 4.78 is 0. The maximum atomic E-state index is 12.2. The third-order valence-corrected chi connectivity index (χ3v) is 4.70. The second-order valence-corrected chi connectivity index (χ2v) is 6.61. The Kier molecular flexibility index (Phi) is 7.15. The molecule has 0 radical (unpaired) electrons. The largest absolute Gasteiger partial charge is 0.355 e. The van der Waals surface area contributed by atoms with Crippen molar-refractivity contribution in [2.75, 3.05) is 6.54 Å². The van der Waals surface area contributed by atoms with Crippen molar-refractivity contribution in [3.8, 4) is 0 Å². The van der Waals surface area contributed by atoms with Crippen LogP contribution in [0.4, 0.5) is 0 Å². The number of hydrogen-bond donors (Lipinski definition) is 3. The second kappa shape index (κ2) is 8.37. The Hall–Kier alpha value is -1.10. The van der Waals surface area contributed by atoms with E-state index in [1.807, 2.05) is 13.8 Å². The second-order valence-electron chi connectivity index (χ2n) is 6.61. The van der Waals surface area contributed by atoms with E-state index in [2.05, 4.69) is 24.5 Å². The molecule has 0 saturated heterocycles. The van der Waals surface area contributed by atoms with Crippen LogP contribution in [0.25, 0.3) is 0 Å². The van der Waals surface area contributed by atoms with Gasteiger partial charge in [-0.1, -0.05) is 20.8 Å². The number of carbonyl (C=O) groups excluding carboxylic acids is 2. The zero-order valence-corrected chi connectivity index (χ0v) is 13.8. The zero-order valence-electron chi connectivity index (χ0n) is 13.8. The predicted octanol–water partition coefficient (Wildman–Crippen LogP) is 1.42. The summed E-state index contributed by atoms with van der Waals surface area (Å²) in [5.41, 5.74) is 6.07. The maximum absolute atomic E-state index is 12.2. The quantitative estimate of drug-likeness (QED) is 0.693. The first-order chi connectivity index (χ1) is 9.85. The molecule has 1 fully saturated rings. The Morgan fingerprint density at radius 1 is 1.24 bits per heavy atom. The van der Waals surface area contributed by atoms with Gasteiger partial charge >= 0.3 is 0 Å². The molecule has 122 valence electrons. The Morgan fingerprint density at radius 2 is 1.90 bits per heavy atom. The molecule has 0 aliphatic heterocycles. The minimum absolute atomic E-state index is 0.00772. The third-order valence-electron chi connectivity index (χ3n) is 4.70. The van der Waals surface area contributed by atoms with Crippen LogP contribution in [0.2, 0.25) is 0 Å². The van der Waals surface area contributed by atoms with E-state index in [-0.39, 0.29) is 29.8 Å². The molecule has 0 aromatic heterocycles. The van der Waals surface area contributed by atoms with Gasteiger partial charge in [0.1, 0.15) is 0 Å². The molecule has 21 heavy (non-hydrogen) atoms. The van der Waals surface area contributed by atoms with E-state index in [0.717, 1.165) is 19.3 Å². The predicted molar refractivity (Wildman–Crippen MR) is 84.5 cm³/mol. The van der Waals surface area contributed by atoms with Crippen LogP contribution >= 0.6 is 0 Å². The highest BCUT2D eigenvalue weighted by Gasteiger charge is 2.34. The van der Waals surface area contributed by atoms with Crippen molar-refractivity contribution < 1.29 is 9.59 Å². The van der Waals surface area contributed by atoms with Gasteiger partial charge in [0.2, 0.25) is 11.8 Å². The van der Waals surface area contributed by atoms with E-state index in [9.17, 15) is 9.59 Å². The van der Waals surface area contributed by atoms with Gasteiger partial charge in [0.25, 0.3) is 0 Å². The van der Waals surface area contributed by atoms with Gasteiger partial charge < -0.3 is 16.4 Å². The fourth-order valence-corrected chi connectivity index (χ4v) is 2.93. The van der Waals surface area contributed by atoms with Gasteiger partial charge in [-0.3, -0.25) is 9.59 Å². The van der Waals surface area contributed by atoms with Crippen LogP contribution in [0.5, 0.6) is 0 Å². The molecule has 5 unspecified atom stereocenters. The average molecular weight is 297 g/mol. The lowest BCUT2D eigenvalue weighted by Crippen LogP contribution is -2.45. The van der Waals surface area contributed by atoms with Gasteiger partial charge in [-0.2, -0.15) is 0 Å². The zero-order chi connectivity index (χ0) is 16.0. The lowest BCUT2D eigenvalue weighted by Gasteiger charge is -2.36. The van der Waals surface area contributed by atoms with Crippen LogP contribution in [-0.4, -0.2) is 30.4 Å². The first kappa shape index (κ1) is 18.0. The molecule has 5 nitrogen and oxygen atoms in total. The molecular formula is C16H31N3O2. The van der Waals surface area contributed by atoms with Gasteiger partial charge in [0.05, 0.1) is 0 Å². The van der Waals surface area contributed by atoms with Gasteiger partial charge in [-0.25, -0.2) is 0 Å². The lowest BCUT2D eigenvalue weighted by molar-refractivity contribution is -0.128. The van der Waals surface area contributed by atoms with E-state index in [4.69, 9.17) is 5.73 Å². The van der Waals surface area contributed by atoms with Crippen molar-refractivity contribution in [1.29, 1.82) is 0 Å². The molecule has 0 aromatic rings. The van der Waals surface area contributed by atoms with Crippen LogP contribution < -0.4 is 16.4 Å². The summed E-state index contributed by atoms with van der Waals surface area (Å²) in [5.74, 6) is 0.848. The summed E-state index contributed by atoms with van der Waals surface area (Å²) in [6, 6.07) is 0.289. The van der Waals surface area contributed by atoms with Crippen molar-refractivity contribution in [3.63, 3.8) is 0 Å². The standard InChI is InChI=1S/C16H31N3O2/c1-5-12(4)19-15(20)6-7-18-16(21)13-9-14(17)11(3)8-10(13)2/h10-14H,5-9,17H2,1-4H3,(H,18,21)(H,19,20). The number of rotatable bonds is 6. The Morgan fingerprint density at radius 3 is 2.52 bits per heavy atom. The van der Waals surface area contributed by atoms with Crippen molar-refractivity contribution >= 4 is 11.8 Å². The molecule has 1 saturated carbocycles.